The van der Waals surface area contributed by atoms with Crippen LogP contribution in [0.4, 0.5) is 10.5 Å². The van der Waals surface area contributed by atoms with Crippen molar-refractivity contribution in [2.75, 3.05) is 18.4 Å². The summed E-state index contributed by atoms with van der Waals surface area (Å²) in [7, 11) is 0. The van der Waals surface area contributed by atoms with Crippen molar-refractivity contribution < 1.29 is 23.9 Å². The highest BCUT2D eigenvalue weighted by Crippen LogP contribution is 2.22. The number of hydrogen-bond donors (Lipinski definition) is 3. The molecule has 3 aromatic rings. The number of benzene rings is 3. The second-order valence-corrected chi connectivity index (χ2v) is 8.95. The first kappa shape index (κ1) is 25.7. The van der Waals surface area contributed by atoms with Gasteiger partial charge in [-0.15, -0.1) is 0 Å². The van der Waals surface area contributed by atoms with Crippen molar-refractivity contribution in [3.8, 4) is 0 Å². The van der Waals surface area contributed by atoms with Crippen LogP contribution in [0.2, 0.25) is 0 Å². The van der Waals surface area contributed by atoms with E-state index >= 15 is 0 Å². The Morgan fingerprint density at radius 1 is 0.973 bits per heavy atom. The maximum Gasteiger partial charge on any atom is 0.407 e. The molecule has 1 aliphatic rings. The van der Waals surface area contributed by atoms with E-state index in [4.69, 9.17) is 4.74 Å². The Morgan fingerprint density at radius 3 is 2.49 bits per heavy atom. The van der Waals surface area contributed by atoms with Crippen LogP contribution >= 0.6 is 0 Å². The maximum absolute atomic E-state index is 13.0. The number of anilines is 1. The molecule has 9 nitrogen and oxygen atoms in total. The number of ether oxygens (including phenoxy) is 1. The van der Waals surface area contributed by atoms with Gasteiger partial charge in [-0.05, 0) is 48.2 Å². The monoisotopic (exact) mass is 502 g/mol. The molecule has 1 aliphatic heterocycles. The van der Waals surface area contributed by atoms with Crippen molar-refractivity contribution in [2.24, 2.45) is 0 Å². The average molecular weight is 503 g/mol. The second kappa shape index (κ2) is 12.0. The lowest BCUT2D eigenvalue weighted by molar-refractivity contribution is -0.139. The summed E-state index contributed by atoms with van der Waals surface area (Å²) < 4.78 is 5.08. The minimum atomic E-state index is -0.858. The van der Waals surface area contributed by atoms with Gasteiger partial charge in [0.05, 0.1) is 0 Å². The zero-order valence-electron chi connectivity index (χ0n) is 20.6. The molecule has 3 N–H and O–H groups in total. The number of carbonyl (C=O) groups is 4. The second-order valence-electron chi connectivity index (χ2n) is 8.95. The normalized spacial score (nSPS) is 15.6. The topological polar surface area (TPSA) is 117 Å². The third kappa shape index (κ3) is 6.84. The highest BCUT2D eigenvalue weighted by Gasteiger charge is 2.36. The smallest absolute Gasteiger partial charge is 0.407 e. The number of amides is 4. The molecule has 0 bridgehead atoms. The van der Waals surface area contributed by atoms with E-state index in [0.29, 0.717) is 25.1 Å². The number of fused-ring (bicyclic) bond motifs is 1. The fourth-order valence-corrected chi connectivity index (χ4v) is 4.33. The molecule has 9 heteroatoms. The standard InChI is InChI=1S/C28H30N4O5/c1-19(30-25(33)17-29-28(36)37-18-20-8-3-2-4-9-20)27(35)32-15-7-12-24(32)26(34)31-23-14-13-21-10-5-6-11-22(21)16-23/h2-6,8-11,13-14,16,19,24H,7,12,15,17-18H2,1H3,(H,29,36)(H,30,33)(H,31,34). The number of hydrogen-bond acceptors (Lipinski definition) is 5. The van der Waals surface area contributed by atoms with Crippen LogP contribution in [0, 0.1) is 0 Å². The molecular weight excluding hydrogens is 472 g/mol. The summed E-state index contributed by atoms with van der Waals surface area (Å²) in [6.07, 6.45) is 0.500. The summed E-state index contributed by atoms with van der Waals surface area (Å²) >= 11 is 0. The molecule has 4 amide bonds. The third-order valence-corrected chi connectivity index (χ3v) is 6.21. The van der Waals surface area contributed by atoms with Crippen LogP contribution in [-0.4, -0.2) is 53.9 Å². The van der Waals surface area contributed by atoms with Gasteiger partial charge in [0, 0.05) is 12.2 Å². The molecule has 1 saturated heterocycles. The van der Waals surface area contributed by atoms with Gasteiger partial charge in [0.15, 0.2) is 0 Å². The van der Waals surface area contributed by atoms with Crippen molar-refractivity contribution in [1.29, 1.82) is 0 Å². The lowest BCUT2D eigenvalue weighted by Crippen LogP contribution is -2.52. The summed E-state index contributed by atoms with van der Waals surface area (Å²) in [5.74, 6) is -1.15. The van der Waals surface area contributed by atoms with Gasteiger partial charge >= 0.3 is 6.09 Å². The molecule has 0 radical (unpaired) electrons. The molecule has 0 aromatic heterocycles. The predicted octanol–water partition coefficient (Wildman–Crippen LogP) is 3.20. The highest BCUT2D eigenvalue weighted by atomic mass is 16.5. The van der Waals surface area contributed by atoms with Crippen molar-refractivity contribution in [2.45, 2.75) is 38.5 Å². The number of nitrogens with one attached hydrogen (secondary N) is 3. The number of likely N-dealkylation sites (tertiary alicyclic amines) is 1. The van der Waals surface area contributed by atoms with E-state index in [9.17, 15) is 19.2 Å². The Hall–Kier alpha value is -4.40. The van der Waals surface area contributed by atoms with Gasteiger partial charge in [0.1, 0.15) is 25.2 Å². The predicted molar refractivity (Wildman–Crippen MR) is 140 cm³/mol. The van der Waals surface area contributed by atoms with E-state index in [1.807, 2.05) is 72.8 Å². The zero-order valence-corrected chi connectivity index (χ0v) is 20.6. The first-order valence-electron chi connectivity index (χ1n) is 12.2. The molecular formula is C28H30N4O5. The van der Waals surface area contributed by atoms with E-state index in [0.717, 1.165) is 16.3 Å². The molecule has 37 heavy (non-hydrogen) atoms. The zero-order chi connectivity index (χ0) is 26.2. The SMILES string of the molecule is CC(NC(=O)CNC(=O)OCc1ccccc1)C(=O)N1CCCC1C(=O)Nc1ccc2ccccc2c1. The molecule has 0 spiro atoms. The van der Waals surface area contributed by atoms with Gasteiger partial charge in [0.25, 0.3) is 0 Å². The van der Waals surface area contributed by atoms with Gasteiger partial charge in [-0.2, -0.15) is 0 Å². The minimum Gasteiger partial charge on any atom is -0.445 e. The molecule has 1 fully saturated rings. The van der Waals surface area contributed by atoms with E-state index in [1.54, 1.807) is 6.92 Å². The van der Waals surface area contributed by atoms with Crippen molar-refractivity contribution >= 4 is 40.3 Å². The minimum absolute atomic E-state index is 0.0841. The molecule has 3 aromatic carbocycles. The highest BCUT2D eigenvalue weighted by molar-refractivity contribution is 6.00. The quantitative estimate of drug-likeness (QED) is 0.437. The van der Waals surface area contributed by atoms with E-state index in [-0.39, 0.29) is 25.0 Å². The Kier molecular flexibility index (Phi) is 8.35. The molecule has 0 saturated carbocycles. The molecule has 1 heterocycles. The number of alkyl carbamates (subject to hydrolysis) is 1. The summed E-state index contributed by atoms with van der Waals surface area (Å²) in [4.78, 5) is 51.7. The largest absolute Gasteiger partial charge is 0.445 e. The van der Waals surface area contributed by atoms with Gasteiger partial charge in [0.2, 0.25) is 17.7 Å². The fourth-order valence-electron chi connectivity index (χ4n) is 4.33. The van der Waals surface area contributed by atoms with Gasteiger partial charge in [-0.1, -0.05) is 60.7 Å². The average Bonchev–Trinajstić information content (AvgIpc) is 3.41. The summed E-state index contributed by atoms with van der Waals surface area (Å²) in [5, 5.41) is 9.95. The van der Waals surface area contributed by atoms with Crippen LogP contribution in [0.1, 0.15) is 25.3 Å². The Labute approximate surface area is 215 Å². The molecule has 192 valence electrons. The first-order valence-corrected chi connectivity index (χ1v) is 12.2. The maximum atomic E-state index is 13.0. The number of rotatable bonds is 8. The van der Waals surface area contributed by atoms with E-state index in [2.05, 4.69) is 16.0 Å². The molecule has 0 aliphatic carbocycles. The van der Waals surface area contributed by atoms with Crippen LogP contribution in [0.5, 0.6) is 0 Å². The lowest BCUT2D eigenvalue weighted by atomic mass is 10.1. The van der Waals surface area contributed by atoms with Crippen molar-refractivity contribution in [3.63, 3.8) is 0 Å². The lowest BCUT2D eigenvalue weighted by Gasteiger charge is -2.27. The summed E-state index contributed by atoms with van der Waals surface area (Å²) in [6.45, 7) is 1.74. The molecule has 4 rings (SSSR count). The molecule has 2 unspecified atom stereocenters. The molecule has 2 atom stereocenters. The van der Waals surface area contributed by atoms with Crippen LogP contribution < -0.4 is 16.0 Å². The summed E-state index contributed by atoms with van der Waals surface area (Å²) in [5.41, 5.74) is 1.49. The van der Waals surface area contributed by atoms with Crippen molar-refractivity contribution in [1.82, 2.24) is 15.5 Å². The van der Waals surface area contributed by atoms with Crippen LogP contribution in [0.25, 0.3) is 10.8 Å². The first-order chi connectivity index (χ1) is 17.9. The van der Waals surface area contributed by atoms with Crippen LogP contribution in [0.3, 0.4) is 0 Å². The van der Waals surface area contributed by atoms with Gasteiger partial charge < -0.3 is 25.6 Å². The Morgan fingerprint density at radius 2 is 1.70 bits per heavy atom. The number of carbonyl (C=O) groups excluding carboxylic acids is 4. The Balaban J connectivity index is 1.25. The van der Waals surface area contributed by atoms with Crippen molar-refractivity contribution in [3.05, 3.63) is 78.4 Å². The summed E-state index contributed by atoms with van der Waals surface area (Å²) in [6, 6.07) is 21.2. The van der Waals surface area contributed by atoms with Crippen LogP contribution in [0.15, 0.2) is 72.8 Å². The Bertz CT molecular complexity index is 1280. The van der Waals surface area contributed by atoms with Crippen LogP contribution in [-0.2, 0) is 25.7 Å². The van der Waals surface area contributed by atoms with Gasteiger partial charge in [-0.3, -0.25) is 14.4 Å². The van der Waals surface area contributed by atoms with Gasteiger partial charge in [-0.25, -0.2) is 4.79 Å². The third-order valence-electron chi connectivity index (χ3n) is 6.21. The van der Waals surface area contributed by atoms with E-state index in [1.165, 1.54) is 4.90 Å². The van der Waals surface area contributed by atoms with E-state index < -0.39 is 24.1 Å². The fraction of sp³-hybridized carbons (Fsp3) is 0.286. The number of nitrogens with zero attached hydrogens (tertiary/aromatic N) is 1.